The molecular formula is C21H21ClO5. The third-order valence-electron chi connectivity index (χ3n) is 5.06. The molecule has 6 heteroatoms. The van der Waals surface area contributed by atoms with Gasteiger partial charge in [0.2, 0.25) is 0 Å². The number of ether oxygens (including phenoxy) is 2. The summed E-state index contributed by atoms with van der Waals surface area (Å²) in [7, 11) is 0. The van der Waals surface area contributed by atoms with Gasteiger partial charge in [0.05, 0.1) is 10.9 Å². The molecule has 0 saturated carbocycles. The van der Waals surface area contributed by atoms with Gasteiger partial charge in [-0.25, -0.2) is 4.79 Å². The highest BCUT2D eigenvalue weighted by Gasteiger charge is 2.35. The molecule has 2 aliphatic heterocycles. The highest BCUT2D eigenvalue weighted by atomic mass is 35.5. The van der Waals surface area contributed by atoms with Gasteiger partial charge in [0, 0.05) is 6.42 Å². The van der Waals surface area contributed by atoms with Crippen molar-refractivity contribution in [2.24, 2.45) is 0 Å². The second kappa shape index (κ2) is 6.71. The summed E-state index contributed by atoms with van der Waals surface area (Å²) in [5, 5.41) is 0.666. The zero-order valence-corrected chi connectivity index (χ0v) is 16.3. The van der Waals surface area contributed by atoms with Gasteiger partial charge >= 0.3 is 5.63 Å². The van der Waals surface area contributed by atoms with Crippen LogP contribution in [0.1, 0.15) is 61.5 Å². The van der Waals surface area contributed by atoms with Crippen molar-refractivity contribution in [3.05, 3.63) is 38.2 Å². The standard InChI is InChI=1S/C21H21ClO5/c1-4-6-12-15-18-13(8-7-11(5-2)26-18)19-16(14(23)9-10(3)25-19)20(15)27-21(24)17(12)22/h7-8,10-11H,4-6,9H2,1-3H3. The molecule has 1 aromatic heterocycles. The highest BCUT2D eigenvalue weighted by molar-refractivity contribution is 6.32. The number of benzene rings is 1. The molecule has 4 rings (SSSR count). The topological polar surface area (TPSA) is 65.7 Å². The van der Waals surface area contributed by atoms with Gasteiger partial charge in [-0.2, -0.15) is 0 Å². The summed E-state index contributed by atoms with van der Waals surface area (Å²) < 4.78 is 17.7. The molecule has 2 aliphatic rings. The number of hydrogen-bond donors (Lipinski definition) is 0. The number of rotatable bonds is 3. The lowest BCUT2D eigenvalue weighted by molar-refractivity contribution is 0.0870. The molecule has 0 bridgehead atoms. The van der Waals surface area contributed by atoms with Gasteiger partial charge in [0.1, 0.15) is 34.3 Å². The molecule has 27 heavy (non-hydrogen) atoms. The highest BCUT2D eigenvalue weighted by Crippen LogP contribution is 2.48. The Morgan fingerprint density at radius 2 is 1.96 bits per heavy atom. The van der Waals surface area contributed by atoms with Crippen LogP contribution in [0.3, 0.4) is 0 Å². The van der Waals surface area contributed by atoms with E-state index < -0.39 is 5.63 Å². The first kappa shape index (κ1) is 18.1. The van der Waals surface area contributed by atoms with E-state index in [1.165, 1.54) is 0 Å². The molecule has 0 radical (unpaired) electrons. The first-order valence-electron chi connectivity index (χ1n) is 9.36. The van der Waals surface area contributed by atoms with Crippen molar-refractivity contribution in [2.75, 3.05) is 0 Å². The first-order chi connectivity index (χ1) is 13.0. The summed E-state index contributed by atoms with van der Waals surface area (Å²) in [5.74, 6) is 0.907. The first-order valence-corrected chi connectivity index (χ1v) is 9.73. The zero-order valence-electron chi connectivity index (χ0n) is 15.6. The Morgan fingerprint density at radius 1 is 1.19 bits per heavy atom. The van der Waals surface area contributed by atoms with E-state index in [-0.39, 0.29) is 35.0 Å². The minimum atomic E-state index is -0.639. The van der Waals surface area contributed by atoms with Gasteiger partial charge in [-0.3, -0.25) is 4.79 Å². The molecule has 5 nitrogen and oxygen atoms in total. The average Bonchev–Trinajstić information content (AvgIpc) is 2.64. The van der Waals surface area contributed by atoms with E-state index in [2.05, 4.69) is 0 Å². The Hall–Kier alpha value is -2.27. The molecule has 2 atom stereocenters. The maximum Gasteiger partial charge on any atom is 0.355 e. The van der Waals surface area contributed by atoms with Gasteiger partial charge in [0.15, 0.2) is 11.4 Å². The summed E-state index contributed by atoms with van der Waals surface area (Å²) in [6.07, 6.45) is 5.94. The van der Waals surface area contributed by atoms with Gasteiger partial charge in [-0.1, -0.05) is 31.9 Å². The summed E-state index contributed by atoms with van der Waals surface area (Å²) in [6, 6.07) is 0. The van der Waals surface area contributed by atoms with Crippen LogP contribution in [-0.4, -0.2) is 18.0 Å². The zero-order chi connectivity index (χ0) is 19.3. The Labute approximate surface area is 161 Å². The molecule has 1 aromatic carbocycles. The predicted octanol–water partition coefficient (Wildman–Crippen LogP) is 4.94. The summed E-state index contributed by atoms with van der Waals surface area (Å²) >= 11 is 6.31. The SMILES string of the molecule is CCCc1c(Cl)c(=O)oc2c3c(c4c(c12)OC(CC)C=C4)OC(C)CC3=O. The van der Waals surface area contributed by atoms with Crippen LogP contribution in [0, 0.1) is 0 Å². The molecule has 0 aliphatic carbocycles. The number of hydrogen-bond acceptors (Lipinski definition) is 5. The van der Waals surface area contributed by atoms with Crippen molar-refractivity contribution >= 4 is 34.4 Å². The van der Waals surface area contributed by atoms with Crippen LogP contribution in [0.5, 0.6) is 11.5 Å². The maximum absolute atomic E-state index is 12.8. The molecule has 2 aromatic rings. The summed E-state index contributed by atoms with van der Waals surface area (Å²) in [5.41, 5.74) is 1.28. The van der Waals surface area contributed by atoms with Gasteiger partial charge in [0.25, 0.3) is 0 Å². The molecular weight excluding hydrogens is 368 g/mol. The van der Waals surface area contributed by atoms with Crippen molar-refractivity contribution in [2.45, 2.75) is 58.7 Å². The second-order valence-electron chi connectivity index (χ2n) is 7.06. The lowest BCUT2D eigenvalue weighted by Crippen LogP contribution is -2.27. The Kier molecular flexibility index (Phi) is 4.50. The normalized spacial score (nSPS) is 20.8. The van der Waals surface area contributed by atoms with Crippen LogP contribution < -0.4 is 15.1 Å². The lowest BCUT2D eigenvalue weighted by Gasteiger charge is -2.30. The fraction of sp³-hybridized carbons (Fsp3) is 0.429. The molecule has 0 saturated heterocycles. The molecule has 142 valence electrons. The lowest BCUT2D eigenvalue weighted by atomic mass is 9.91. The number of halogens is 1. The van der Waals surface area contributed by atoms with Crippen LogP contribution in [0.4, 0.5) is 0 Å². The van der Waals surface area contributed by atoms with E-state index in [4.69, 9.17) is 25.5 Å². The Balaban J connectivity index is 2.18. The van der Waals surface area contributed by atoms with Crippen molar-refractivity contribution in [3.8, 4) is 11.5 Å². The van der Waals surface area contributed by atoms with Gasteiger partial charge in [-0.15, -0.1) is 0 Å². The molecule has 2 unspecified atom stereocenters. The van der Waals surface area contributed by atoms with Gasteiger partial charge in [-0.05, 0) is 37.5 Å². The van der Waals surface area contributed by atoms with E-state index in [0.717, 1.165) is 12.8 Å². The number of ketones is 1. The Bertz CT molecular complexity index is 1030. The minimum Gasteiger partial charge on any atom is -0.489 e. The van der Waals surface area contributed by atoms with Crippen molar-refractivity contribution in [3.63, 3.8) is 0 Å². The number of Topliss-reactive ketones (excluding diaryl/α,β-unsaturated/α-hetero) is 1. The predicted molar refractivity (Wildman–Crippen MR) is 104 cm³/mol. The van der Waals surface area contributed by atoms with Crippen molar-refractivity contribution in [1.82, 2.24) is 0 Å². The fourth-order valence-electron chi connectivity index (χ4n) is 3.80. The fourth-order valence-corrected chi connectivity index (χ4v) is 4.03. The average molecular weight is 389 g/mol. The largest absolute Gasteiger partial charge is 0.489 e. The van der Waals surface area contributed by atoms with Crippen LogP contribution in [0.15, 0.2) is 15.3 Å². The van der Waals surface area contributed by atoms with E-state index >= 15 is 0 Å². The third kappa shape index (κ3) is 2.76. The molecule has 0 N–H and O–H groups in total. The quantitative estimate of drug-likeness (QED) is 0.697. The molecule has 0 spiro atoms. The summed E-state index contributed by atoms with van der Waals surface area (Å²) in [6.45, 7) is 5.89. The molecule has 0 fully saturated rings. The number of aryl methyl sites for hydroxylation is 1. The maximum atomic E-state index is 12.8. The van der Waals surface area contributed by atoms with E-state index in [1.54, 1.807) is 0 Å². The van der Waals surface area contributed by atoms with E-state index in [0.29, 0.717) is 40.0 Å². The number of fused-ring (bicyclic) bond motifs is 6. The van der Waals surface area contributed by atoms with Crippen LogP contribution >= 0.6 is 11.6 Å². The number of carbonyl (C=O) groups excluding carboxylic acids is 1. The van der Waals surface area contributed by atoms with Crippen LogP contribution in [0.25, 0.3) is 17.0 Å². The minimum absolute atomic E-state index is 0.0512. The smallest absolute Gasteiger partial charge is 0.355 e. The third-order valence-corrected chi connectivity index (χ3v) is 5.44. The molecule has 0 amide bonds. The van der Waals surface area contributed by atoms with Crippen molar-refractivity contribution < 1.29 is 18.7 Å². The van der Waals surface area contributed by atoms with E-state index in [1.807, 2.05) is 32.9 Å². The van der Waals surface area contributed by atoms with Crippen LogP contribution in [0.2, 0.25) is 5.02 Å². The number of carbonyl (C=O) groups is 1. The monoisotopic (exact) mass is 388 g/mol. The summed E-state index contributed by atoms with van der Waals surface area (Å²) in [4.78, 5) is 25.2. The van der Waals surface area contributed by atoms with Gasteiger partial charge < -0.3 is 13.9 Å². The second-order valence-corrected chi connectivity index (χ2v) is 7.44. The van der Waals surface area contributed by atoms with E-state index in [9.17, 15) is 9.59 Å². The van der Waals surface area contributed by atoms with Crippen molar-refractivity contribution in [1.29, 1.82) is 0 Å². The van der Waals surface area contributed by atoms with Crippen LogP contribution in [-0.2, 0) is 6.42 Å². The molecule has 3 heterocycles. The Morgan fingerprint density at radius 3 is 2.67 bits per heavy atom.